The third kappa shape index (κ3) is 27.9. The van der Waals surface area contributed by atoms with E-state index in [2.05, 4.69) is 32.6 Å². The van der Waals surface area contributed by atoms with Crippen LogP contribution >= 0.6 is 0 Å². The van der Waals surface area contributed by atoms with Gasteiger partial charge in [-0.2, -0.15) is 0 Å². The van der Waals surface area contributed by atoms with Gasteiger partial charge in [-0.25, -0.2) is 0 Å². The molecule has 0 atom stereocenters. The predicted octanol–water partition coefficient (Wildman–Crippen LogP) is 10.8. The molecule has 0 aromatic rings. The normalized spacial score (nSPS) is 12.2. The second-order valence-electron chi connectivity index (χ2n) is 15.4. The van der Waals surface area contributed by atoms with Crippen molar-refractivity contribution >= 4 is 11.9 Å². The molecule has 0 rings (SSSR count). The summed E-state index contributed by atoms with van der Waals surface area (Å²) < 4.78 is 11.2. The van der Waals surface area contributed by atoms with Crippen LogP contribution in [0, 0.1) is 10.8 Å². The van der Waals surface area contributed by atoms with E-state index < -0.39 is 5.41 Å². The molecule has 0 spiro atoms. The Morgan fingerprint density at radius 1 is 0.565 bits per heavy atom. The number of carbonyl (C=O) groups excluding carboxylic acids is 2. The first-order chi connectivity index (χ1) is 22.1. The maximum Gasteiger partial charge on any atom is 0.311 e. The van der Waals surface area contributed by atoms with Crippen LogP contribution in [0.15, 0.2) is 0 Å². The van der Waals surface area contributed by atoms with E-state index in [1.165, 1.54) is 64.2 Å². The van der Waals surface area contributed by atoms with Gasteiger partial charge in [-0.3, -0.25) is 9.59 Å². The lowest BCUT2D eigenvalue weighted by Crippen LogP contribution is -2.29. The van der Waals surface area contributed by atoms with E-state index in [0.29, 0.717) is 19.6 Å². The number of rotatable bonds is 34. The van der Waals surface area contributed by atoms with Gasteiger partial charge in [0.1, 0.15) is 0 Å². The molecule has 0 aromatic carbocycles. The molecule has 0 unspecified atom stereocenters. The summed E-state index contributed by atoms with van der Waals surface area (Å²) in [6.07, 6.45) is 27.4. The predicted molar refractivity (Wildman–Crippen MR) is 195 cm³/mol. The summed E-state index contributed by atoms with van der Waals surface area (Å²) in [5.41, 5.74) is -0.396. The highest BCUT2D eigenvalue weighted by Gasteiger charge is 2.28. The smallest absolute Gasteiger partial charge is 0.311 e. The standard InChI is InChI=1S/C40H79NO5/c1-7-9-11-13-15-17-22-28-37(43)46-36-39(3,4)29-23-21-26-32-41(33-34-42)31-25-19-18-24-30-40(5,6)38(44)45-35-27-20-16-14-12-10-8-2/h42H,7-36H2,1-6H3. The number of aliphatic hydroxyl groups excluding tert-OH is 1. The van der Waals surface area contributed by atoms with Crippen LogP contribution in [0.3, 0.4) is 0 Å². The molecular formula is C40H79NO5. The lowest BCUT2D eigenvalue weighted by molar-refractivity contribution is -0.154. The van der Waals surface area contributed by atoms with Crippen molar-refractivity contribution in [3.8, 4) is 0 Å². The van der Waals surface area contributed by atoms with E-state index >= 15 is 0 Å². The maximum atomic E-state index is 12.6. The molecule has 6 nitrogen and oxygen atoms in total. The Morgan fingerprint density at radius 2 is 1.04 bits per heavy atom. The fraction of sp³-hybridized carbons (Fsp3) is 0.950. The zero-order valence-electron chi connectivity index (χ0n) is 31.7. The van der Waals surface area contributed by atoms with Crippen molar-refractivity contribution in [2.75, 3.05) is 39.5 Å². The van der Waals surface area contributed by atoms with Crippen molar-refractivity contribution < 1.29 is 24.2 Å². The average Bonchev–Trinajstić information content (AvgIpc) is 3.02. The van der Waals surface area contributed by atoms with Crippen molar-refractivity contribution in [3.05, 3.63) is 0 Å². The van der Waals surface area contributed by atoms with E-state index in [4.69, 9.17) is 9.47 Å². The number of unbranched alkanes of at least 4 members (excludes halogenated alkanes) is 17. The van der Waals surface area contributed by atoms with Crippen LogP contribution in [0.5, 0.6) is 0 Å². The lowest BCUT2D eigenvalue weighted by atomic mass is 9.87. The fourth-order valence-electron chi connectivity index (χ4n) is 6.02. The van der Waals surface area contributed by atoms with Crippen LogP contribution in [-0.2, 0) is 19.1 Å². The zero-order chi connectivity index (χ0) is 34.4. The van der Waals surface area contributed by atoms with E-state index in [1.54, 1.807) is 0 Å². The monoisotopic (exact) mass is 654 g/mol. The van der Waals surface area contributed by atoms with Gasteiger partial charge in [0, 0.05) is 13.0 Å². The second-order valence-corrected chi connectivity index (χ2v) is 15.4. The summed E-state index contributed by atoms with van der Waals surface area (Å²) in [4.78, 5) is 27.1. The molecule has 0 saturated carbocycles. The van der Waals surface area contributed by atoms with Gasteiger partial charge < -0.3 is 19.5 Å². The summed E-state index contributed by atoms with van der Waals surface area (Å²) >= 11 is 0. The first kappa shape index (κ1) is 44.9. The first-order valence-electron chi connectivity index (χ1n) is 19.7. The van der Waals surface area contributed by atoms with Crippen molar-refractivity contribution in [2.45, 2.75) is 196 Å². The Hall–Kier alpha value is -1.14. The van der Waals surface area contributed by atoms with Gasteiger partial charge in [0.05, 0.1) is 25.2 Å². The minimum atomic E-state index is -0.409. The van der Waals surface area contributed by atoms with Crippen molar-refractivity contribution in [2.24, 2.45) is 10.8 Å². The van der Waals surface area contributed by atoms with Crippen molar-refractivity contribution in [3.63, 3.8) is 0 Å². The van der Waals surface area contributed by atoms with E-state index in [-0.39, 0.29) is 24.0 Å². The largest absolute Gasteiger partial charge is 0.465 e. The Bertz CT molecular complexity index is 708. The van der Waals surface area contributed by atoms with Gasteiger partial charge >= 0.3 is 11.9 Å². The summed E-state index contributed by atoms with van der Waals surface area (Å²) in [5, 5.41) is 9.55. The highest BCUT2D eigenvalue weighted by atomic mass is 16.5. The summed E-state index contributed by atoms with van der Waals surface area (Å²) in [6.45, 7) is 17.0. The zero-order valence-corrected chi connectivity index (χ0v) is 31.7. The molecule has 0 bridgehead atoms. The molecule has 0 fully saturated rings. The van der Waals surface area contributed by atoms with Gasteiger partial charge in [0.25, 0.3) is 0 Å². The molecule has 0 aliphatic rings. The number of esters is 2. The molecule has 6 heteroatoms. The SMILES string of the molecule is CCCCCCCCCOC(=O)C(C)(C)CCCCCCN(CCO)CCCCCC(C)(C)COC(=O)CCCCCCCCC. The number of carbonyl (C=O) groups is 2. The minimum absolute atomic E-state index is 0.0133. The summed E-state index contributed by atoms with van der Waals surface area (Å²) in [7, 11) is 0. The molecule has 1 N–H and O–H groups in total. The van der Waals surface area contributed by atoms with Crippen molar-refractivity contribution in [1.82, 2.24) is 4.90 Å². The highest BCUT2D eigenvalue weighted by molar-refractivity contribution is 5.75. The van der Waals surface area contributed by atoms with Gasteiger partial charge in [0.15, 0.2) is 0 Å². The highest BCUT2D eigenvalue weighted by Crippen LogP contribution is 2.27. The number of ether oxygens (including phenoxy) is 2. The molecule has 0 heterocycles. The molecule has 0 aliphatic heterocycles. The number of hydrogen-bond donors (Lipinski definition) is 1. The van der Waals surface area contributed by atoms with Crippen LogP contribution in [0.1, 0.15) is 196 Å². The molecule has 0 aromatic heterocycles. The Balaban J connectivity index is 3.95. The van der Waals surface area contributed by atoms with Gasteiger partial charge in [0.2, 0.25) is 0 Å². The minimum Gasteiger partial charge on any atom is -0.465 e. The first-order valence-corrected chi connectivity index (χ1v) is 19.7. The summed E-state index contributed by atoms with van der Waals surface area (Å²) in [6, 6.07) is 0. The molecular weight excluding hydrogens is 574 g/mol. The Labute approximate surface area is 286 Å². The van der Waals surface area contributed by atoms with Gasteiger partial charge in [-0.15, -0.1) is 0 Å². The number of hydrogen-bond acceptors (Lipinski definition) is 6. The van der Waals surface area contributed by atoms with Crippen LogP contribution in [0.4, 0.5) is 0 Å². The Kier molecular flexibility index (Phi) is 29.2. The van der Waals surface area contributed by atoms with E-state index in [1.807, 2.05) is 13.8 Å². The van der Waals surface area contributed by atoms with Gasteiger partial charge in [-0.1, -0.05) is 137 Å². The molecule has 274 valence electrons. The lowest BCUT2D eigenvalue weighted by Gasteiger charge is -2.25. The molecule has 46 heavy (non-hydrogen) atoms. The number of aliphatic hydroxyl groups is 1. The van der Waals surface area contributed by atoms with Crippen LogP contribution in [-0.4, -0.2) is 61.4 Å². The second kappa shape index (κ2) is 30.0. The van der Waals surface area contributed by atoms with Gasteiger partial charge in [-0.05, 0) is 70.9 Å². The van der Waals surface area contributed by atoms with Crippen molar-refractivity contribution in [1.29, 1.82) is 0 Å². The summed E-state index contributed by atoms with van der Waals surface area (Å²) in [5.74, 6) is -0.0858. The maximum absolute atomic E-state index is 12.6. The van der Waals surface area contributed by atoms with Crippen LogP contribution in [0.2, 0.25) is 0 Å². The quantitative estimate of drug-likeness (QED) is 0.0550. The van der Waals surface area contributed by atoms with E-state index in [9.17, 15) is 14.7 Å². The number of nitrogens with zero attached hydrogens (tertiary/aromatic N) is 1. The molecule has 0 radical (unpaired) electrons. The third-order valence-electron chi connectivity index (χ3n) is 9.41. The van der Waals surface area contributed by atoms with Crippen LogP contribution in [0.25, 0.3) is 0 Å². The fourth-order valence-corrected chi connectivity index (χ4v) is 6.02. The third-order valence-corrected chi connectivity index (χ3v) is 9.41. The van der Waals surface area contributed by atoms with Crippen LogP contribution < -0.4 is 0 Å². The molecule has 0 saturated heterocycles. The molecule has 0 amide bonds. The Morgan fingerprint density at radius 3 is 1.63 bits per heavy atom. The molecule has 0 aliphatic carbocycles. The topological polar surface area (TPSA) is 76.1 Å². The van der Waals surface area contributed by atoms with E-state index in [0.717, 1.165) is 103 Å². The average molecular weight is 654 g/mol.